The van der Waals surface area contributed by atoms with Gasteiger partial charge in [0.25, 0.3) is 0 Å². The first-order chi connectivity index (χ1) is 7.58. The SMILES string of the molecule is Cn1cc(N)c(Nc2cccc(F)c2F)n1. The molecule has 0 bridgehead atoms. The fourth-order valence-corrected chi connectivity index (χ4v) is 1.33. The van der Waals surface area contributed by atoms with Gasteiger partial charge in [0.1, 0.15) is 0 Å². The van der Waals surface area contributed by atoms with Gasteiger partial charge in [0.2, 0.25) is 0 Å². The number of halogens is 2. The molecule has 4 nitrogen and oxygen atoms in total. The summed E-state index contributed by atoms with van der Waals surface area (Å²) < 4.78 is 27.7. The molecular weight excluding hydrogens is 214 g/mol. The Morgan fingerprint density at radius 3 is 2.75 bits per heavy atom. The van der Waals surface area contributed by atoms with Crippen LogP contribution in [0.15, 0.2) is 24.4 Å². The van der Waals surface area contributed by atoms with Gasteiger partial charge in [0, 0.05) is 13.2 Å². The van der Waals surface area contributed by atoms with Crippen LogP contribution in [0.1, 0.15) is 0 Å². The van der Waals surface area contributed by atoms with E-state index in [9.17, 15) is 8.78 Å². The maximum Gasteiger partial charge on any atom is 0.182 e. The van der Waals surface area contributed by atoms with Gasteiger partial charge in [-0.2, -0.15) is 5.10 Å². The van der Waals surface area contributed by atoms with Crippen LogP contribution in [0.2, 0.25) is 0 Å². The van der Waals surface area contributed by atoms with Crippen LogP contribution in [0.25, 0.3) is 0 Å². The molecule has 3 N–H and O–H groups in total. The van der Waals surface area contributed by atoms with Gasteiger partial charge in [-0.3, -0.25) is 4.68 Å². The first kappa shape index (κ1) is 10.4. The second-order valence-electron chi connectivity index (χ2n) is 3.33. The largest absolute Gasteiger partial charge is 0.394 e. The van der Waals surface area contributed by atoms with E-state index in [1.165, 1.54) is 16.8 Å². The highest BCUT2D eigenvalue weighted by molar-refractivity contribution is 5.68. The lowest BCUT2D eigenvalue weighted by Crippen LogP contribution is -1.99. The number of rotatable bonds is 2. The van der Waals surface area contributed by atoms with Crippen molar-refractivity contribution in [2.45, 2.75) is 0 Å². The van der Waals surface area contributed by atoms with Gasteiger partial charge >= 0.3 is 0 Å². The topological polar surface area (TPSA) is 55.9 Å². The van der Waals surface area contributed by atoms with E-state index in [4.69, 9.17) is 5.73 Å². The molecule has 0 radical (unpaired) electrons. The van der Waals surface area contributed by atoms with Crippen LogP contribution in [0.3, 0.4) is 0 Å². The lowest BCUT2D eigenvalue weighted by atomic mass is 10.3. The highest BCUT2D eigenvalue weighted by Gasteiger charge is 2.10. The zero-order valence-electron chi connectivity index (χ0n) is 8.54. The fourth-order valence-electron chi connectivity index (χ4n) is 1.33. The molecular formula is C10H10F2N4. The smallest absolute Gasteiger partial charge is 0.182 e. The van der Waals surface area contributed by atoms with E-state index in [1.54, 1.807) is 13.2 Å². The number of anilines is 3. The van der Waals surface area contributed by atoms with Gasteiger partial charge in [-0.1, -0.05) is 6.07 Å². The molecule has 2 rings (SSSR count). The van der Waals surface area contributed by atoms with E-state index in [0.29, 0.717) is 11.5 Å². The van der Waals surface area contributed by atoms with E-state index in [2.05, 4.69) is 10.4 Å². The summed E-state index contributed by atoms with van der Waals surface area (Å²) >= 11 is 0. The molecule has 0 aliphatic rings. The molecule has 0 aliphatic carbocycles. The van der Waals surface area contributed by atoms with Gasteiger partial charge in [0.15, 0.2) is 17.5 Å². The van der Waals surface area contributed by atoms with Crippen molar-refractivity contribution < 1.29 is 8.78 Å². The monoisotopic (exact) mass is 224 g/mol. The lowest BCUT2D eigenvalue weighted by molar-refractivity contribution is 0.511. The molecule has 0 fully saturated rings. The maximum atomic E-state index is 13.3. The Hall–Kier alpha value is -2.11. The zero-order chi connectivity index (χ0) is 11.7. The Balaban J connectivity index is 2.34. The number of hydrogen-bond acceptors (Lipinski definition) is 3. The van der Waals surface area contributed by atoms with Gasteiger partial charge in [0.05, 0.1) is 11.4 Å². The minimum atomic E-state index is -0.951. The quantitative estimate of drug-likeness (QED) is 0.820. The summed E-state index contributed by atoms with van der Waals surface area (Å²) in [5, 5.41) is 6.60. The van der Waals surface area contributed by atoms with E-state index in [-0.39, 0.29) is 5.69 Å². The zero-order valence-corrected chi connectivity index (χ0v) is 8.54. The Labute approximate surface area is 90.7 Å². The normalized spacial score (nSPS) is 10.4. The van der Waals surface area contributed by atoms with Crippen LogP contribution in [-0.4, -0.2) is 9.78 Å². The molecule has 0 aliphatic heterocycles. The van der Waals surface area contributed by atoms with Gasteiger partial charge in [-0.25, -0.2) is 8.78 Å². The van der Waals surface area contributed by atoms with E-state index in [0.717, 1.165) is 6.07 Å². The lowest BCUT2D eigenvalue weighted by Gasteiger charge is -2.05. The summed E-state index contributed by atoms with van der Waals surface area (Å²) in [6, 6.07) is 3.86. The maximum absolute atomic E-state index is 13.3. The number of nitrogens with zero attached hydrogens (tertiary/aromatic N) is 2. The standard InChI is InChI=1S/C10H10F2N4/c1-16-5-7(13)10(15-16)14-8-4-2-3-6(11)9(8)12/h2-5H,13H2,1H3,(H,14,15). The van der Waals surface area contributed by atoms with Crippen LogP contribution in [0, 0.1) is 11.6 Å². The molecule has 1 aromatic carbocycles. The van der Waals surface area contributed by atoms with Gasteiger partial charge in [-0.15, -0.1) is 0 Å². The van der Waals surface area contributed by atoms with Crippen molar-refractivity contribution >= 4 is 17.2 Å². The molecule has 6 heteroatoms. The molecule has 16 heavy (non-hydrogen) atoms. The molecule has 0 unspecified atom stereocenters. The van der Waals surface area contributed by atoms with Gasteiger partial charge < -0.3 is 11.1 Å². The van der Waals surface area contributed by atoms with Crippen molar-refractivity contribution in [3.63, 3.8) is 0 Å². The Morgan fingerprint density at radius 2 is 2.12 bits per heavy atom. The highest BCUT2D eigenvalue weighted by atomic mass is 19.2. The molecule has 2 aromatic rings. The first-order valence-corrected chi connectivity index (χ1v) is 4.58. The van der Waals surface area contributed by atoms with Crippen LogP contribution in [-0.2, 0) is 7.05 Å². The average Bonchev–Trinajstić information content (AvgIpc) is 2.53. The van der Waals surface area contributed by atoms with Crippen molar-refractivity contribution in [2.24, 2.45) is 7.05 Å². The third-order valence-corrected chi connectivity index (χ3v) is 2.06. The van der Waals surface area contributed by atoms with E-state index >= 15 is 0 Å². The number of hydrogen-bond donors (Lipinski definition) is 2. The molecule has 1 heterocycles. The summed E-state index contributed by atoms with van der Waals surface area (Å²) in [6.07, 6.45) is 1.57. The molecule has 0 spiro atoms. The minimum Gasteiger partial charge on any atom is -0.394 e. The highest BCUT2D eigenvalue weighted by Crippen LogP contribution is 2.23. The summed E-state index contributed by atoms with van der Waals surface area (Å²) in [5.41, 5.74) is 5.99. The molecule has 84 valence electrons. The Bertz CT molecular complexity index is 522. The Kier molecular flexibility index (Phi) is 2.47. The van der Waals surface area contributed by atoms with Crippen LogP contribution in [0.4, 0.5) is 26.0 Å². The summed E-state index contributed by atoms with van der Waals surface area (Å²) in [7, 11) is 1.68. The molecule has 0 amide bonds. The van der Waals surface area contributed by atoms with E-state index < -0.39 is 11.6 Å². The number of aromatic nitrogens is 2. The van der Waals surface area contributed by atoms with Gasteiger partial charge in [-0.05, 0) is 12.1 Å². The second kappa shape index (κ2) is 3.80. The number of aryl methyl sites for hydroxylation is 1. The first-order valence-electron chi connectivity index (χ1n) is 4.58. The third kappa shape index (κ3) is 1.81. The second-order valence-corrected chi connectivity index (χ2v) is 3.33. The van der Waals surface area contributed by atoms with Crippen molar-refractivity contribution in [3.05, 3.63) is 36.0 Å². The van der Waals surface area contributed by atoms with Crippen molar-refractivity contribution in [1.82, 2.24) is 9.78 Å². The summed E-state index contributed by atoms with van der Waals surface area (Å²) in [4.78, 5) is 0. The average molecular weight is 224 g/mol. The molecule has 1 aromatic heterocycles. The number of nitrogen functional groups attached to an aromatic ring is 1. The predicted molar refractivity (Wildman–Crippen MR) is 57.3 cm³/mol. The number of nitrogens with one attached hydrogen (secondary N) is 1. The molecule has 0 saturated heterocycles. The van der Waals surface area contributed by atoms with Crippen molar-refractivity contribution in [2.75, 3.05) is 11.1 Å². The van der Waals surface area contributed by atoms with Crippen molar-refractivity contribution in [1.29, 1.82) is 0 Å². The number of benzene rings is 1. The van der Waals surface area contributed by atoms with Crippen LogP contribution < -0.4 is 11.1 Å². The van der Waals surface area contributed by atoms with Crippen molar-refractivity contribution in [3.8, 4) is 0 Å². The molecule has 0 saturated carbocycles. The minimum absolute atomic E-state index is 0.00500. The molecule has 0 atom stereocenters. The fraction of sp³-hybridized carbons (Fsp3) is 0.100. The van der Waals surface area contributed by atoms with Crippen LogP contribution in [0.5, 0.6) is 0 Å². The Morgan fingerprint density at radius 1 is 1.38 bits per heavy atom. The third-order valence-electron chi connectivity index (χ3n) is 2.06. The predicted octanol–water partition coefficient (Wildman–Crippen LogP) is 2.02. The van der Waals surface area contributed by atoms with Crippen LogP contribution >= 0.6 is 0 Å². The van der Waals surface area contributed by atoms with E-state index in [1.807, 2.05) is 0 Å². The summed E-state index contributed by atoms with van der Waals surface area (Å²) in [5.74, 6) is -1.57. The number of nitrogens with two attached hydrogens (primary N) is 1. The summed E-state index contributed by atoms with van der Waals surface area (Å²) in [6.45, 7) is 0.